The third kappa shape index (κ3) is 2.68. The van der Waals surface area contributed by atoms with Crippen molar-refractivity contribution in [3.63, 3.8) is 0 Å². The average molecular weight is 270 g/mol. The Labute approximate surface area is 115 Å². The number of hydrogen-bond donors (Lipinski definition) is 1. The lowest BCUT2D eigenvalue weighted by Gasteiger charge is -2.45. The van der Waals surface area contributed by atoms with Crippen LogP contribution in [0.25, 0.3) is 0 Å². The summed E-state index contributed by atoms with van der Waals surface area (Å²) in [6, 6.07) is 0. The van der Waals surface area contributed by atoms with Gasteiger partial charge in [0.05, 0.1) is 23.9 Å². The van der Waals surface area contributed by atoms with Crippen molar-refractivity contribution in [2.75, 3.05) is 26.9 Å². The largest absolute Gasteiger partial charge is 0.393 e. The lowest BCUT2D eigenvalue weighted by atomic mass is 9.72. The molecule has 0 aromatic carbocycles. The number of rotatable bonds is 4. The fourth-order valence-electron chi connectivity index (χ4n) is 3.87. The molecule has 3 fully saturated rings. The van der Waals surface area contributed by atoms with Crippen LogP contribution in [-0.4, -0.2) is 49.3 Å². The van der Waals surface area contributed by atoms with Crippen molar-refractivity contribution in [1.82, 2.24) is 0 Å². The monoisotopic (exact) mass is 270 g/mol. The highest BCUT2D eigenvalue weighted by Gasteiger charge is 2.45. The highest BCUT2D eigenvalue weighted by Crippen LogP contribution is 2.43. The van der Waals surface area contributed by atoms with Crippen LogP contribution in [0.1, 0.15) is 44.9 Å². The van der Waals surface area contributed by atoms with Crippen LogP contribution in [0.2, 0.25) is 0 Å². The maximum Gasteiger partial charge on any atom is 0.0940 e. The van der Waals surface area contributed by atoms with Crippen LogP contribution in [0.4, 0.5) is 0 Å². The predicted octanol–water partition coefficient (Wildman–Crippen LogP) is 1.89. The van der Waals surface area contributed by atoms with Gasteiger partial charge in [-0.2, -0.15) is 0 Å². The molecule has 1 aliphatic carbocycles. The first-order valence-corrected chi connectivity index (χ1v) is 7.62. The first-order valence-electron chi connectivity index (χ1n) is 7.62. The first-order chi connectivity index (χ1) is 9.17. The van der Waals surface area contributed by atoms with E-state index < -0.39 is 0 Å². The molecule has 3 rings (SSSR count). The van der Waals surface area contributed by atoms with Gasteiger partial charge in [-0.1, -0.05) is 0 Å². The molecule has 1 saturated carbocycles. The molecular formula is C15H26O4. The Morgan fingerprint density at radius 1 is 1.32 bits per heavy atom. The summed E-state index contributed by atoms with van der Waals surface area (Å²) >= 11 is 0. The summed E-state index contributed by atoms with van der Waals surface area (Å²) in [4.78, 5) is 0. The Hall–Kier alpha value is -0.160. The second kappa shape index (κ2) is 5.32. The minimum absolute atomic E-state index is 0.0446. The van der Waals surface area contributed by atoms with Gasteiger partial charge in [-0.3, -0.25) is 0 Å². The van der Waals surface area contributed by atoms with Crippen LogP contribution < -0.4 is 0 Å². The summed E-state index contributed by atoms with van der Waals surface area (Å²) in [7, 11) is 1.78. The van der Waals surface area contributed by atoms with Gasteiger partial charge in [0.15, 0.2) is 0 Å². The zero-order chi connectivity index (χ0) is 13.3. The molecule has 2 aliphatic heterocycles. The van der Waals surface area contributed by atoms with Gasteiger partial charge in [0.2, 0.25) is 0 Å². The maximum absolute atomic E-state index is 10.6. The zero-order valence-corrected chi connectivity index (χ0v) is 11.9. The molecule has 1 spiro atoms. The van der Waals surface area contributed by atoms with E-state index in [2.05, 4.69) is 0 Å². The summed E-state index contributed by atoms with van der Waals surface area (Å²) in [6.45, 7) is 2.25. The van der Waals surface area contributed by atoms with Crippen molar-refractivity contribution in [2.24, 2.45) is 5.92 Å². The van der Waals surface area contributed by atoms with Crippen LogP contribution in [-0.2, 0) is 14.2 Å². The molecule has 2 heterocycles. The Balaban J connectivity index is 1.58. The van der Waals surface area contributed by atoms with E-state index in [9.17, 15) is 5.11 Å². The van der Waals surface area contributed by atoms with Gasteiger partial charge in [0.25, 0.3) is 0 Å². The molecule has 0 aromatic heterocycles. The van der Waals surface area contributed by atoms with E-state index >= 15 is 0 Å². The van der Waals surface area contributed by atoms with Crippen LogP contribution in [0.5, 0.6) is 0 Å². The predicted molar refractivity (Wildman–Crippen MR) is 71.1 cm³/mol. The molecule has 1 N–H and O–H groups in total. The second-order valence-corrected chi connectivity index (χ2v) is 6.60. The Bertz CT molecular complexity index is 302. The standard InChI is InChI=1S/C15H26O4/c1-17-14(4-2-5-14)10-13(16)12-3-7-19-15(9-12)6-8-18-11-15/h12-13,16H,2-11H2,1H3. The molecule has 0 amide bonds. The molecule has 4 heteroatoms. The molecule has 0 aromatic rings. The van der Waals surface area contributed by atoms with E-state index in [1.807, 2.05) is 0 Å². The lowest BCUT2D eigenvalue weighted by molar-refractivity contribution is -0.141. The molecule has 19 heavy (non-hydrogen) atoms. The number of aliphatic hydroxyl groups is 1. The van der Waals surface area contributed by atoms with E-state index in [-0.39, 0.29) is 17.3 Å². The summed E-state index contributed by atoms with van der Waals surface area (Å²) < 4.78 is 17.1. The Morgan fingerprint density at radius 2 is 2.16 bits per heavy atom. The summed E-state index contributed by atoms with van der Waals surface area (Å²) in [5.41, 5.74) is -0.152. The highest BCUT2D eigenvalue weighted by molar-refractivity contribution is 4.96. The second-order valence-electron chi connectivity index (χ2n) is 6.60. The summed E-state index contributed by atoms with van der Waals surface area (Å²) in [5, 5.41) is 10.6. The SMILES string of the molecule is COC1(CC(O)C2CCOC3(CCOC3)C2)CCC1. The number of aliphatic hydroxyl groups excluding tert-OH is 1. The summed E-state index contributed by atoms with van der Waals surface area (Å²) in [5.74, 6) is 0.336. The molecule has 3 aliphatic rings. The third-order valence-corrected chi connectivity index (χ3v) is 5.42. The number of hydrogen-bond acceptors (Lipinski definition) is 4. The molecular weight excluding hydrogens is 244 g/mol. The molecule has 0 radical (unpaired) electrons. The Kier molecular flexibility index (Phi) is 3.87. The van der Waals surface area contributed by atoms with Crippen LogP contribution in [0.3, 0.4) is 0 Å². The van der Waals surface area contributed by atoms with Gasteiger partial charge >= 0.3 is 0 Å². The van der Waals surface area contributed by atoms with Crippen LogP contribution in [0.15, 0.2) is 0 Å². The lowest BCUT2D eigenvalue weighted by Crippen LogP contribution is -2.48. The normalized spacial score (nSPS) is 39.2. The minimum atomic E-state index is -0.262. The van der Waals surface area contributed by atoms with Crippen molar-refractivity contribution >= 4 is 0 Å². The molecule has 3 unspecified atom stereocenters. The molecule has 0 bridgehead atoms. The van der Waals surface area contributed by atoms with Gasteiger partial charge < -0.3 is 19.3 Å². The van der Waals surface area contributed by atoms with Gasteiger partial charge in [0, 0.05) is 33.2 Å². The minimum Gasteiger partial charge on any atom is -0.393 e. The van der Waals surface area contributed by atoms with Crippen LogP contribution >= 0.6 is 0 Å². The highest BCUT2D eigenvalue weighted by atomic mass is 16.6. The molecule has 2 saturated heterocycles. The van der Waals surface area contributed by atoms with Gasteiger partial charge in [-0.15, -0.1) is 0 Å². The molecule has 110 valence electrons. The maximum atomic E-state index is 10.6. The van der Waals surface area contributed by atoms with Gasteiger partial charge in [0.1, 0.15) is 0 Å². The van der Waals surface area contributed by atoms with Gasteiger partial charge in [-0.05, 0) is 38.0 Å². The number of ether oxygens (including phenoxy) is 3. The van der Waals surface area contributed by atoms with Crippen molar-refractivity contribution in [2.45, 2.75) is 62.3 Å². The summed E-state index contributed by atoms with van der Waals surface area (Å²) in [6.07, 6.45) is 6.82. The first kappa shape index (κ1) is 13.8. The smallest absolute Gasteiger partial charge is 0.0940 e. The van der Waals surface area contributed by atoms with Crippen molar-refractivity contribution in [3.05, 3.63) is 0 Å². The van der Waals surface area contributed by atoms with E-state index in [0.29, 0.717) is 12.5 Å². The van der Waals surface area contributed by atoms with Crippen LogP contribution in [0, 0.1) is 5.92 Å². The van der Waals surface area contributed by atoms with E-state index in [4.69, 9.17) is 14.2 Å². The quantitative estimate of drug-likeness (QED) is 0.847. The third-order valence-electron chi connectivity index (χ3n) is 5.42. The van der Waals surface area contributed by atoms with Gasteiger partial charge in [-0.25, -0.2) is 0 Å². The average Bonchev–Trinajstić information content (AvgIpc) is 2.81. The van der Waals surface area contributed by atoms with Crippen molar-refractivity contribution in [1.29, 1.82) is 0 Å². The van der Waals surface area contributed by atoms with E-state index in [0.717, 1.165) is 51.7 Å². The van der Waals surface area contributed by atoms with E-state index in [1.54, 1.807) is 7.11 Å². The number of methoxy groups -OCH3 is 1. The molecule has 3 atom stereocenters. The van der Waals surface area contributed by atoms with Crippen molar-refractivity contribution < 1.29 is 19.3 Å². The fourth-order valence-corrected chi connectivity index (χ4v) is 3.87. The zero-order valence-electron chi connectivity index (χ0n) is 11.9. The van der Waals surface area contributed by atoms with E-state index in [1.165, 1.54) is 6.42 Å². The topological polar surface area (TPSA) is 47.9 Å². The van der Waals surface area contributed by atoms with Crippen molar-refractivity contribution in [3.8, 4) is 0 Å². The fraction of sp³-hybridized carbons (Fsp3) is 1.00. The Morgan fingerprint density at radius 3 is 2.74 bits per heavy atom. The molecule has 4 nitrogen and oxygen atoms in total.